The third-order valence-corrected chi connectivity index (χ3v) is 4.61. The zero-order valence-electron chi connectivity index (χ0n) is 15.5. The molecule has 1 atom stereocenters. The molecule has 10 heteroatoms. The minimum Gasteiger partial charge on any atom is -0.363 e. The van der Waals surface area contributed by atoms with Gasteiger partial charge >= 0.3 is 6.18 Å². The van der Waals surface area contributed by atoms with Crippen molar-refractivity contribution in [3.63, 3.8) is 0 Å². The summed E-state index contributed by atoms with van der Waals surface area (Å²) in [7, 11) is 5.72. The Morgan fingerprint density at radius 3 is 2.63 bits per heavy atom. The Balaban J connectivity index is 1.77. The molecule has 1 saturated heterocycles. The first-order valence-corrected chi connectivity index (χ1v) is 8.63. The molecule has 2 aromatic heterocycles. The second-order valence-corrected chi connectivity index (χ2v) is 6.72. The Bertz CT molecular complexity index is 781. The van der Waals surface area contributed by atoms with Crippen LogP contribution in [0.25, 0.3) is 0 Å². The molecule has 1 aliphatic heterocycles. The van der Waals surface area contributed by atoms with Crippen molar-refractivity contribution in [1.29, 1.82) is 0 Å². The van der Waals surface area contributed by atoms with Gasteiger partial charge in [-0.25, -0.2) is 15.0 Å². The smallest absolute Gasteiger partial charge is 0.363 e. The van der Waals surface area contributed by atoms with E-state index in [2.05, 4.69) is 19.9 Å². The summed E-state index contributed by atoms with van der Waals surface area (Å²) >= 11 is 0. The molecule has 1 aliphatic rings. The molecule has 1 unspecified atom stereocenters. The standard InChI is InChI=1S/C17H22F3N7/c1-25(2)14-6-7-21-16(24-14)26(3)12-5-4-8-27(10-12)15-9-13(17(18,19)20)22-11-23-15/h6-7,9,11-12H,4-5,8,10H2,1-3H3. The highest BCUT2D eigenvalue weighted by Crippen LogP contribution is 2.30. The highest BCUT2D eigenvalue weighted by atomic mass is 19.4. The summed E-state index contributed by atoms with van der Waals surface area (Å²) in [6.45, 7) is 1.19. The van der Waals surface area contributed by atoms with Crippen molar-refractivity contribution in [2.24, 2.45) is 0 Å². The van der Waals surface area contributed by atoms with E-state index in [0.29, 0.717) is 24.9 Å². The molecule has 0 bridgehead atoms. The van der Waals surface area contributed by atoms with Gasteiger partial charge in [0.15, 0.2) is 0 Å². The Morgan fingerprint density at radius 2 is 1.93 bits per heavy atom. The van der Waals surface area contributed by atoms with Crippen molar-refractivity contribution in [2.45, 2.75) is 25.1 Å². The zero-order valence-corrected chi connectivity index (χ0v) is 15.5. The van der Waals surface area contributed by atoms with Gasteiger partial charge < -0.3 is 14.7 Å². The molecule has 0 N–H and O–H groups in total. The fourth-order valence-electron chi connectivity index (χ4n) is 3.08. The van der Waals surface area contributed by atoms with Crippen molar-refractivity contribution in [3.05, 3.63) is 30.4 Å². The second-order valence-electron chi connectivity index (χ2n) is 6.72. The lowest BCUT2D eigenvalue weighted by Crippen LogP contribution is -2.47. The summed E-state index contributed by atoms with van der Waals surface area (Å²) in [5.41, 5.74) is -0.926. The van der Waals surface area contributed by atoms with E-state index in [1.165, 1.54) is 0 Å². The van der Waals surface area contributed by atoms with Gasteiger partial charge in [-0.05, 0) is 18.9 Å². The van der Waals surface area contributed by atoms with E-state index in [9.17, 15) is 13.2 Å². The Morgan fingerprint density at radius 1 is 1.15 bits per heavy atom. The molecule has 7 nitrogen and oxygen atoms in total. The van der Waals surface area contributed by atoms with E-state index in [-0.39, 0.29) is 6.04 Å². The maximum absolute atomic E-state index is 12.9. The summed E-state index contributed by atoms with van der Waals surface area (Å²) in [6.07, 6.45) is -0.0679. The summed E-state index contributed by atoms with van der Waals surface area (Å²) in [6, 6.07) is 2.90. The van der Waals surface area contributed by atoms with Crippen LogP contribution in [0.15, 0.2) is 24.7 Å². The van der Waals surface area contributed by atoms with Gasteiger partial charge in [0.2, 0.25) is 5.95 Å². The molecule has 0 radical (unpaired) electrons. The number of nitrogens with zero attached hydrogens (tertiary/aromatic N) is 7. The summed E-state index contributed by atoms with van der Waals surface area (Å²) < 4.78 is 38.8. The van der Waals surface area contributed by atoms with Crippen LogP contribution in [-0.2, 0) is 6.18 Å². The Labute approximate surface area is 155 Å². The molecule has 3 rings (SSSR count). The van der Waals surface area contributed by atoms with E-state index < -0.39 is 11.9 Å². The molecule has 0 spiro atoms. The van der Waals surface area contributed by atoms with Crippen LogP contribution in [0.3, 0.4) is 0 Å². The lowest BCUT2D eigenvalue weighted by Gasteiger charge is -2.38. The van der Waals surface area contributed by atoms with Gasteiger partial charge in [-0.1, -0.05) is 0 Å². The second kappa shape index (κ2) is 7.53. The third kappa shape index (κ3) is 4.37. The average Bonchev–Trinajstić information content (AvgIpc) is 2.67. The molecule has 0 saturated carbocycles. The fraction of sp³-hybridized carbons (Fsp3) is 0.529. The normalized spacial score (nSPS) is 17.7. The summed E-state index contributed by atoms with van der Waals surface area (Å²) in [5.74, 6) is 1.68. The lowest BCUT2D eigenvalue weighted by atomic mass is 10.0. The predicted molar refractivity (Wildman–Crippen MR) is 97.0 cm³/mol. The highest BCUT2D eigenvalue weighted by molar-refractivity contribution is 5.45. The van der Waals surface area contributed by atoms with E-state index in [0.717, 1.165) is 31.1 Å². The van der Waals surface area contributed by atoms with Crippen molar-refractivity contribution < 1.29 is 13.2 Å². The number of hydrogen-bond acceptors (Lipinski definition) is 7. The first-order valence-electron chi connectivity index (χ1n) is 8.63. The fourth-order valence-corrected chi connectivity index (χ4v) is 3.08. The largest absolute Gasteiger partial charge is 0.433 e. The first kappa shape index (κ1) is 19.1. The number of hydrogen-bond donors (Lipinski definition) is 0. The van der Waals surface area contributed by atoms with Crippen LogP contribution in [-0.4, -0.2) is 60.2 Å². The van der Waals surface area contributed by atoms with Crippen LogP contribution in [0, 0.1) is 0 Å². The van der Waals surface area contributed by atoms with E-state index in [1.54, 1.807) is 6.20 Å². The molecule has 0 aromatic carbocycles. The molecule has 27 heavy (non-hydrogen) atoms. The number of likely N-dealkylation sites (N-methyl/N-ethyl adjacent to an activating group) is 1. The van der Waals surface area contributed by atoms with Gasteiger partial charge in [0.25, 0.3) is 0 Å². The van der Waals surface area contributed by atoms with Gasteiger partial charge in [-0.3, -0.25) is 0 Å². The van der Waals surface area contributed by atoms with Crippen molar-refractivity contribution in [3.8, 4) is 0 Å². The van der Waals surface area contributed by atoms with E-state index >= 15 is 0 Å². The maximum Gasteiger partial charge on any atom is 0.433 e. The summed E-state index contributed by atoms with van der Waals surface area (Å²) in [4.78, 5) is 22.0. The van der Waals surface area contributed by atoms with Crippen LogP contribution in [0.4, 0.5) is 30.8 Å². The Kier molecular flexibility index (Phi) is 5.33. The van der Waals surface area contributed by atoms with Gasteiger partial charge in [-0.2, -0.15) is 18.2 Å². The van der Waals surface area contributed by atoms with Crippen molar-refractivity contribution in [1.82, 2.24) is 19.9 Å². The molecule has 2 aromatic rings. The van der Waals surface area contributed by atoms with Crippen LogP contribution in [0.1, 0.15) is 18.5 Å². The van der Waals surface area contributed by atoms with Gasteiger partial charge in [0.05, 0.1) is 0 Å². The van der Waals surface area contributed by atoms with Crippen LogP contribution in [0.2, 0.25) is 0 Å². The highest BCUT2D eigenvalue weighted by Gasteiger charge is 2.34. The molecule has 0 aliphatic carbocycles. The minimum atomic E-state index is -4.48. The number of alkyl halides is 3. The monoisotopic (exact) mass is 381 g/mol. The topological polar surface area (TPSA) is 61.3 Å². The van der Waals surface area contributed by atoms with Crippen molar-refractivity contribution in [2.75, 3.05) is 48.9 Å². The molecule has 3 heterocycles. The number of anilines is 3. The molecular formula is C17H22F3N7. The number of aromatic nitrogens is 4. The number of halogens is 3. The van der Waals surface area contributed by atoms with Gasteiger partial charge in [0.1, 0.15) is 23.7 Å². The van der Waals surface area contributed by atoms with Crippen LogP contribution in [0.5, 0.6) is 0 Å². The minimum absolute atomic E-state index is 0.0699. The number of rotatable bonds is 4. The van der Waals surface area contributed by atoms with E-state index in [4.69, 9.17) is 0 Å². The molecule has 146 valence electrons. The zero-order chi connectivity index (χ0) is 19.6. The third-order valence-electron chi connectivity index (χ3n) is 4.61. The molecular weight excluding hydrogens is 359 g/mol. The maximum atomic E-state index is 12.9. The van der Waals surface area contributed by atoms with Gasteiger partial charge in [0, 0.05) is 52.5 Å². The SMILES string of the molecule is CN(C)c1ccnc(N(C)C2CCCN(c3cc(C(F)(F)F)ncn3)C2)n1. The average molecular weight is 381 g/mol. The first-order chi connectivity index (χ1) is 12.8. The predicted octanol–water partition coefficient (Wildman–Crippen LogP) is 2.46. The summed E-state index contributed by atoms with van der Waals surface area (Å²) in [5, 5.41) is 0. The van der Waals surface area contributed by atoms with Crippen LogP contribution >= 0.6 is 0 Å². The van der Waals surface area contributed by atoms with Crippen LogP contribution < -0.4 is 14.7 Å². The van der Waals surface area contributed by atoms with E-state index in [1.807, 2.05) is 41.9 Å². The molecule has 0 amide bonds. The lowest BCUT2D eigenvalue weighted by molar-refractivity contribution is -0.141. The van der Waals surface area contributed by atoms with Gasteiger partial charge in [-0.15, -0.1) is 0 Å². The Hall–Kier alpha value is -2.65. The molecule has 1 fully saturated rings. The number of piperidine rings is 1. The van der Waals surface area contributed by atoms with Crippen molar-refractivity contribution >= 4 is 17.6 Å². The quantitative estimate of drug-likeness (QED) is 0.806.